The van der Waals surface area contributed by atoms with Gasteiger partial charge in [-0.05, 0) is 44.0 Å². The first-order valence-electron chi connectivity index (χ1n) is 9.29. The van der Waals surface area contributed by atoms with E-state index in [2.05, 4.69) is 9.71 Å². The predicted octanol–water partition coefficient (Wildman–Crippen LogP) is 3.04. The number of nitrogens with one attached hydrogen (secondary N) is 2. The SMILES string of the molecule is CC(OC(=O)c1cccc(S(=O)(=O)NC2CC2)c1)C(=O)c1c[nH]c2ccccc12. The van der Waals surface area contributed by atoms with Crippen molar-refractivity contribution >= 4 is 32.7 Å². The summed E-state index contributed by atoms with van der Waals surface area (Å²) in [6.07, 6.45) is 2.20. The van der Waals surface area contributed by atoms with Gasteiger partial charge >= 0.3 is 5.97 Å². The third-order valence-electron chi connectivity index (χ3n) is 4.79. The molecular weight excluding hydrogens is 392 g/mol. The quantitative estimate of drug-likeness (QED) is 0.458. The molecule has 1 aromatic heterocycles. The van der Waals surface area contributed by atoms with Crippen LogP contribution in [0.5, 0.6) is 0 Å². The molecule has 0 radical (unpaired) electrons. The molecule has 7 nitrogen and oxygen atoms in total. The fraction of sp³-hybridized carbons (Fsp3) is 0.238. The summed E-state index contributed by atoms with van der Waals surface area (Å²) in [6.45, 7) is 1.50. The molecular formula is C21H20N2O5S. The third kappa shape index (κ3) is 4.08. The van der Waals surface area contributed by atoms with Crippen molar-refractivity contribution in [3.63, 3.8) is 0 Å². The Morgan fingerprint density at radius 2 is 1.90 bits per heavy atom. The Bertz CT molecular complexity index is 1190. The molecule has 29 heavy (non-hydrogen) atoms. The standard InChI is InChI=1S/C21H20N2O5S/c1-13(20(24)18-12-22-19-8-3-2-7-17(18)19)28-21(25)14-5-4-6-16(11-14)29(26,27)23-15-9-10-15/h2-8,11-13,15,22-23H,9-10H2,1H3. The topological polar surface area (TPSA) is 105 Å². The average Bonchev–Trinajstić information content (AvgIpc) is 3.41. The van der Waals surface area contributed by atoms with Crippen LogP contribution in [-0.2, 0) is 14.8 Å². The first kappa shape index (κ1) is 19.4. The molecule has 2 aromatic carbocycles. The van der Waals surface area contributed by atoms with E-state index in [1.807, 2.05) is 24.3 Å². The highest BCUT2D eigenvalue weighted by Crippen LogP contribution is 2.23. The normalized spacial score (nSPS) is 15.2. The van der Waals surface area contributed by atoms with Gasteiger partial charge in [-0.2, -0.15) is 0 Å². The molecule has 1 heterocycles. The molecule has 8 heteroatoms. The van der Waals surface area contributed by atoms with Crippen molar-refractivity contribution in [1.82, 2.24) is 9.71 Å². The van der Waals surface area contributed by atoms with E-state index in [-0.39, 0.29) is 22.3 Å². The highest BCUT2D eigenvalue weighted by Gasteiger charge is 2.29. The summed E-state index contributed by atoms with van der Waals surface area (Å²) in [7, 11) is -3.69. The van der Waals surface area contributed by atoms with Gasteiger partial charge in [-0.3, -0.25) is 4.79 Å². The van der Waals surface area contributed by atoms with Gasteiger partial charge < -0.3 is 9.72 Å². The average molecular weight is 412 g/mol. The summed E-state index contributed by atoms with van der Waals surface area (Å²) in [6, 6.07) is 12.9. The second kappa shape index (κ2) is 7.46. The summed E-state index contributed by atoms with van der Waals surface area (Å²) in [4.78, 5) is 28.3. The molecule has 1 unspecified atom stereocenters. The number of carbonyl (C=O) groups is 2. The van der Waals surface area contributed by atoms with Crippen molar-refractivity contribution in [3.05, 3.63) is 65.9 Å². The van der Waals surface area contributed by atoms with Gasteiger partial charge in [0.05, 0.1) is 10.5 Å². The number of H-pyrrole nitrogens is 1. The van der Waals surface area contributed by atoms with Gasteiger partial charge in [-0.1, -0.05) is 24.3 Å². The molecule has 1 fully saturated rings. The van der Waals surface area contributed by atoms with Crippen LogP contribution in [-0.4, -0.2) is 37.3 Å². The zero-order valence-electron chi connectivity index (χ0n) is 15.7. The zero-order valence-corrected chi connectivity index (χ0v) is 16.5. The van der Waals surface area contributed by atoms with Crippen LogP contribution in [0, 0.1) is 0 Å². The van der Waals surface area contributed by atoms with Gasteiger partial charge in [-0.25, -0.2) is 17.9 Å². The Labute approximate surface area is 168 Å². The third-order valence-corrected chi connectivity index (χ3v) is 6.31. The van der Waals surface area contributed by atoms with E-state index >= 15 is 0 Å². The molecule has 1 atom stereocenters. The van der Waals surface area contributed by atoms with Crippen molar-refractivity contribution in [2.45, 2.75) is 36.8 Å². The number of ketones is 1. The lowest BCUT2D eigenvalue weighted by atomic mass is 10.1. The van der Waals surface area contributed by atoms with Gasteiger partial charge in [0.15, 0.2) is 6.10 Å². The first-order chi connectivity index (χ1) is 13.8. The zero-order chi connectivity index (χ0) is 20.6. The van der Waals surface area contributed by atoms with Crippen molar-refractivity contribution in [2.75, 3.05) is 0 Å². The number of para-hydroxylation sites is 1. The lowest BCUT2D eigenvalue weighted by Crippen LogP contribution is -2.26. The summed E-state index contributed by atoms with van der Waals surface area (Å²) < 4.78 is 32.6. The van der Waals surface area contributed by atoms with Crippen LogP contribution in [0.4, 0.5) is 0 Å². The second-order valence-corrected chi connectivity index (χ2v) is 8.80. The number of aromatic amines is 1. The van der Waals surface area contributed by atoms with E-state index in [1.165, 1.54) is 31.2 Å². The molecule has 0 aliphatic heterocycles. The monoisotopic (exact) mass is 412 g/mol. The molecule has 0 bridgehead atoms. The molecule has 2 N–H and O–H groups in total. The Kier molecular flexibility index (Phi) is 4.97. The highest BCUT2D eigenvalue weighted by molar-refractivity contribution is 7.89. The van der Waals surface area contributed by atoms with Crippen LogP contribution in [0.15, 0.2) is 59.6 Å². The van der Waals surface area contributed by atoms with Gasteiger partial charge in [-0.15, -0.1) is 0 Å². The molecule has 0 saturated heterocycles. The van der Waals surface area contributed by atoms with E-state index < -0.39 is 22.1 Å². The van der Waals surface area contributed by atoms with Crippen LogP contribution in [0.25, 0.3) is 10.9 Å². The lowest BCUT2D eigenvalue weighted by molar-refractivity contribution is 0.0319. The van der Waals surface area contributed by atoms with Crippen molar-refractivity contribution in [3.8, 4) is 0 Å². The van der Waals surface area contributed by atoms with Crippen LogP contribution in [0.2, 0.25) is 0 Å². The number of benzene rings is 2. The number of esters is 1. The van der Waals surface area contributed by atoms with E-state index in [4.69, 9.17) is 4.74 Å². The number of hydrogen-bond donors (Lipinski definition) is 2. The van der Waals surface area contributed by atoms with E-state index in [1.54, 1.807) is 6.20 Å². The highest BCUT2D eigenvalue weighted by atomic mass is 32.2. The molecule has 0 spiro atoms. The number of Topliss-reactive ketones (excluding diaryl/α,β-unsaturated/α-hetero) is 1. The summed E-state index contributed by atoms with van der Waals surface area (Å²) in [5, 5.41) is 0.750. The molecule has 3 aromatic rings. The van der Waals surface area contributed by atoms with Crippen molar-refractivity contribution in [1.29, 1.82) is 0 Å². The number of carbonyl (C=O) groups excluding carboxylic acids is 2. The molecule has 4 rings (SSSR count). The number of fused-ring (bicyclic) bond motifs is 1. The molecule has 1 saturated carbocycles. The predicted molar refractivity (Wildman–Crippen MR) is 107 cm³/mol. The molecule has 150 valence electrons. The number of sulfonamides is 1. The molecule has 0 amide bonds. The maximum atomic E-state index is 12.7. The van der Waals surface area contributed by atoms with Crippen molar-refractivity contribution < 1.29 is 22.7 Å². The lowest BCUT2D eigenvalue weighted by Gasteiger charge is -2.13. The Hall–Kier alpha value is -2.97. The van der Waals surface area contributed by atoms with E-state index in [0.717, 1.165) is 23.7 Å². The van der Waals surface area contributed by atoms with E-state index in [9.17, 15) is 18.0 Å². The minimum atomic E-state index is -3.69. The number of rotatable bonds is 7. The number of aromatic nitrogens is 1. The van der Waals surface area contributed by atoms with Crippen molar-refractivity contribution in [2.24, 2.45) is 0 Å². The number of hydrogen-bond acceptors (Lipinski definition) is 5. The minimum absolute atomic E-state index is 0.00513. The van der Waals surface area contributed by atoms with Crippen LogP contribution in [0.1, 0.15) is 40.5 Å². The second-order valence-electron chi connectivity index (χ2n) is 7.08. The Morgan fingerprint density at radius 1 is 1.14 bits per heavy atom. The summed E-state index contributed by atoms with van der Waals surface area (Å²) in [5.74, 6) is -1.09. The molecule has 1 aliphatic carbocycles. The smallest absolute Gasteiger partial charge is 0.338 e. The molecule has 1 aliphatic rings. The summed E-state index contributed by atoms with van der Waals surface area (Å²) >= 11 is 0. The van der Waals surface area contributed by atoms with E-state index in [0.29, 0.717) is 5.56 Å². The van der Waals surface area contributed by atoms with Gasteiger partial charge in [0.2, 0.25) is 15.8 Å². The fourth-order valence-corrected chi connectivity index (χ4v) is 4.41. The largest absolute Gasteiger partial charge is 0.451 e. The maximum absolute atomic E-state index is 12.7. The van der Waals surface area contributed by atoms with Crippen LogP contribution < -0.4 is 4.72 Å². The number of ether oxygens (including phenoxy) is 1. The Morgan fingerprint density at radius 3 is 2.66 bits per heavy atom. The first-order valence-corrected chi connectivity index (χ1v) is 10.8. The fourth-order valence-electron chi connectivity index (χ4n) is 3.06. The maximum Gasteiger partial charge on any atom is 0.338 e. The van der Waals surface area contributed by atoms with Gasteiger partial charge in [0, 0.05) is 28.7 Å². The van der Waals surface area contributed by atoms with Gasteiger partial charge in [0.25, 0.3) is 0 Å². The summed E-state index contributed by atoms with van der Waals surface area (Å²) in [5.41, 5.74) is 1.32. The van der Waals surface area contributed by atoms with Crippen LogP contribution >= 0.6 is 0 Å². The van der Waals surface area contributed by atoms with Crippen LogP contribution in [0.3, 0.4) is 0 Å². The Balaban J connectivity index is 1.50. The van der Waals surface area contributed by atoms with Gasteiger partial charge in [0.1, 0.15) is 0 Å². The minimum Gasteiger partial charge on any atom is -0.451 e.